The van der Waals surface area contributed by atoms with Crippen LogP contribution in [0.1, 0.15) is 0 Å². The Morgan fingerprint density at radius 2 is 1.88 bits per heavy atom. The summed E-state index contributed by atoms with van der Waals surface area (Å²) in [5.41, 5.74) is 1.57. The summed E-state index contributed by atoms with van der Waals surface area (Å²) in [7, 11) is 1.73. The predicted octanol–water partition coefficient (Wildman–Crippen LogP) is 4.24. The summed E-state index contributed by atoms with van der Waals surface area (Å²) in [6.07, 6.45) is 1.57. The van der Waals surface area contributed by atoms with E-state index in [1.54, 1.807) is 30.3 Å². The van der Waals surface area contributed by atoms with Crippen molar-refractivity contribution in [3.05, 3.63) is 66.6 Å². The van der Waals surface area contributed by atoms with Crippen LogP contribution in [0, 0.1) is 5.82 Å². The summed E-state index contributed by atoms with van der Waals surface area (Å²) >= 11 is 1.23. The summed E-state index contributed by atoms with van der Waals surface area (Å²) in [6, 6.07) is 15.4. The van der Waals surface area contributed by atoms with Crippen LogP contribution in [0.15, 0.2) is 70.4 Å². The molecule has 0 N–H and O–H groups in total. The number of para-hydroxylation sites is 1. The third-order valence-electron chi connectivity index (χ3n) is 3.45. The molecular formula is C18H15FN2O2S. The number of rotatable bonds is 5. The van der Waals surface area contributed by atoms with E-state index in [0.29, 0.717) is 11.0 Å². The third kappa shape index (κ3) is 3.83. The number of hydrogen-bond acceptors (Lipinski definition) is 4. The first-order valence-corrected chi connectivity index (χ1v) is 8.28. The molecular weight excluding hydrogens is 327 g/mol. The van der Waals surface area contributed by atoms with Crippen LogP contribution in [-0.4, -0.2) is 23.7 Å². The van der Waals surface area contributed by atoms with Gasteiger partial charge in [0.05, 0.1) is 11.9 Å². The molecule has 122 valence electrons. The van der Waals surface area contributed by atoms with E-state index in [0.717, 1.165) is 11.3 Å². The molecule has 4 nitrogen and oxygen atoms in total. The zero-order valence-electron chi connectivity index (χ0n) is 13.0. The molecule has 1 heterocycles. The number of carbonyl (C=O) groups excluding carboxylic acids is 1. The maximum atomic E-state index is 12.9. The summed E-state index contributed by atoms with van der Waals surface area (Å²) in [5, 5.41) is 0.407. The van der Waals surface area contributed by atoms with Crippen LogP contribution in [0.25, 0.3) is 11.3 Å². The normalized spacial score (nSPS) is 10.6. The number of carbonyl (C=O) groups is 1. The Bertz CT molecular complexity index is 819. The van der Waals surface area contributed by atoms with Crippen molar-refractivity contribution < 1.29 is 13.6 Å². The summed E-state index contributed by atoms with van der Waals surface area (Å²) in [4.78, 5) is 18.0. The fourth-order valence-corrected chi connectivity index (χ4v) is 2.80. The quantitative estimate of drug-likeness (QED) is 0.651. The minimum atomic E-state index is -0.303. The Morgan fingerprint density at radius 3 is 2.58 bits per heavy atom. The Balaban J connectivity index is 1.61. The fraction of sp³-hybridized carbons (Fsp3) is 0.111. The Kier molecular flexibility index (Phi) is 4.96. The number of halogens is 1. The molecule has 24 heavy (non-hydrogen) atoms. The van der Waals surface area contributed by atoms with Crippen molar-refractivity contribution >= 4 is 23.4 Å². The van der Waals surface area contributed by atoms with Gasteiger partial charge in [0, 0.05) is 18.3 Å². The van der Waals surface area contributed by atoms with E-state index in [-0.39, 0.29) is 17.5 Å². The predicted molar refractivity (Wildman–Crippen MR) is 92.5 cm³/mol. The molecule has 6 heteroatoms. The lowest BCUT2D eigenvalue weighted by Gasteiger charge is -2.16. The Hall–Kier alpha value is -2.60. The number of anilines is 1. The molecule has 0 saturated heterocycles. The highest BCUT2D eigenvalue weighted by atomic mass is 32.2. The van der Waals surface area contributed by atoms with Gasteiger partial charge in [-0.1, -0.05) is 30.0 Å². The lowest BCUT2D eigenvalue weighted by molar-refractivity contribution is -0.115. The lowest BCUT2D eigenvalue weighted by atomic mass is 10.2. The molecule has 0 aliphatic carbocycles. The first-order chi connectivity index (χ1) is 11.6. The van der Waals surface area contributed by atoms with Crippen molar-refractivity contribution in [2.24, 2.45) is 0 Å². The zero-order chi connectivity index (χ0) is 16.9. The van der Waals surface area contributed by atoms with E-state index >= 15 is 0 Å². The zero-order valence-corrected chi connectivity index (χ0v) is 13.8. The summed E-state index contributed by atoms with van der Waals surface area (Å²) in [6.45, 7) is 0. The van der Waals surface area contributed by atoms with Gasteiger partial charge in [0.25, 0.3) is 5.22 Å². The second kappa shape index (κ2) is 7.31. The van der Waals surface area contributed by atoms with Gasteiger partial charge in [0.2, 0.25) is 5.91 Å². The third-order valence-corrected chi connectivity index (χ3v) is 4.28. The number of oxazole rings is 1. The van der Waals surface area contributed by atoms with Crippen molar-refractivity contribution in [1.82, 2.24) is 4.98 Å². The van der Waals surface area contributed by atoms with Gasteiger partial charge < -0.3 is 9.32 Å². The highest BCUT2D eigenvalue weighted by Crippen LogP contribution is 2.26. The summed E-state index contributed by atoms with van der Waals surface area (Å²) < 4.78 is 18.5. The smallest absolute Gasteiger partial charge is 0.256 e. The topological polar surface area (TPSA) is 46.3 Å². The van der Waals surface area contributed by atoms with Crippen molar-refractivity contribution in [1.29, 1.82) is 0 Å². The molecule has 0 saturated carbocycles. The molecule has 0 unspecified atom stereocenters. The Morgan fingerprint density at radius 1 is 1.17 bits per heavy atom. The number of thioether (sulfide) groups is 1. The number of amides is 1. The molecule has 1 amide bonds. The number of nitrogens with zero attached hydrogens (tertiary/aromatic N) is 2. The van der Waals surface area contributed by atoms with Crippen molar-refractivity contribution in [3.63, 3.8) is 0 Å². The minimum Gasteiger partial charge on any atom is -0.431 e. The van der Waals surface area contributed by atoms with Crippen LogP contribution >= 0.6 is 11.8 Å². The molecule has 0 aliphatic heterocycles. The average Bonchev–Trinajstić information content (AvgIpc) is 3.09. The second-order valence-corrected chi connectivity index (χ2v) is 6.00. The first-order valence-electron chi connectivity index (χ1n) is 7.29. The highest BCUT2D eigenvalue weighted by Gasteiger charge is 2.14. The van der Waals surface area contributed by atoms with Gasteiger partial charge >= 0.3 is 0 Å². The van der Waals surface area contributed by atoms with E-state index in [1.165, 1.54) is 23.9 Å². The van der Waals surface area contributed by atoms with E-state index < -0.39 is 0 Å². The molecule has 0 aliphatic rings. The molecule has 0 radical (unpaired) electrons. The number of aromatic nitrogens is 1. The van der Waals surface area contributed by atoms with Crippen LogP contribution < -0.4 is 4.90 Å². The molecule has 3 aromatic rings. The van der Waals surface area contributed by atoms with Crippen LogP contribution in [0.4, 0.5) is 10.1 Å². The standard InChI is InChI=1S/C18H15FN2O2S/c1-21(15-5-3-2-4-6-15)17(22)12-24-18-20-11-16(23-18)13-7-9-14(19)10-8-13/h2-11H,12H2,1H3. The van der Waals surface area contributed by atoms with Gasteiger partial charge in [-0.15, -0.1) is 0 Å². The largest absolute Gasteiger partial charge is 0.431 e. The second-order valence-electron chi connectivity index (χ2n) is 5.07. The number of benzene rings is 2. The van der Waals surface area contributed by atoms with Crippen molar-refractivity contribution in [3.8, 4) is 11.3 Å². The van der Waals surface area contributed by atoms with Gasteiger partial charge in [-0.25, -0.2) is 9.37 Å². The fourth-order valence-electron chi connectivity index (χ4n) is 2.09. The maximum absolute atomic E-state index is 12.9. The van der Waals surface area contributed by atoms with Crippen LogP contribution in [0.5, 0.6) is 0 Å². The number of hydrogen-bond donors (Lipinski definition) is 0. The average molecular weight is 342 g/mol. The van der Waals surface area contributed by atoms with Crippen LogP contribution in [0.3, 0.4) is 0 Å². The van der Waals surface area contributed by atoms with Gasteiger partial charge in [-0.2, -0.15) is 0 Å². The van der Waals surface area contributed by atoms with E-state index in [4.69, 9.17) is 4.42 Å². The van der Waals surface area contributed by atoms with E-state index in [9.17, 15) is 9.18 Å². The van der Waals surface area contributed by atoms with Crippen LogP contribution in [-0.2, 0) is 4.79 Å². The van der Waals surface area contributed by atoms with Crippen LogP contribution in [0.2, 0.25) is 0 Å². The van der Waals surface area contributed by atoms with E-state index in [1.807, 2.05) is 30.3 Å². The molecule has 1 aromatic heterocycles. The SMILES string of the molecule is CN(C(=O)CSc1ncc(-c2ccc(F)cc2)o1)c1ccccc1. The monoisotopic (exact) mass is 342 g/mol. The van der Waals surface area contributed by atoms with Gasteiger partial charge in [0.1, 0.15) is 5.82 Å². The molecule has 0 atom stereocenters. The minimum absolute atomic E-state index is 0.0484. The van der Waals surface area contributed by atoms with Crippen molar-refractivity contribution in [2.45, 2.75) is 5.22 Å². The van der Waals surface area contributed by atoms with Gasteiger partial charge in [0.15, 0.2) is 5.76 Å². The van der Waals surface area contributed by atoms with Gasteiger partial charge in [-0.05, 0) is 36.4 Å². The van der Waals surface area contributed by atoms with E-state index in [2.05, 4.69) is 4.98 Å². The molecule has 0 fully saturated rings. The van der Waals surface area contributed by atoms with Crippen molar-refractivity contribution in [2.75, 3.05) is 17.7 Å². The highest BCUT2D eigenvalue weighted by molar-refractivity contribution is 7.99. The summed E-state index contributed by atoms with van der Waals surface area (Å²) in [5.74, 6) is 0.408. The first kappa shape index (κ1) is 16.3. The molecule has 0 bridgehead atoms. The molecule has 2 aromatic carbocycles. The molecule has 0 spiro atoms. The van der Waals surface area contributed by atoms with Gasteiger partial charge in [-0.3, -0.25) is 4.79 Å². The Labute approximate surface area is 143 Å². The lowest BCUT2D eigenvalue weighted by Crippen LogP contribution is -2.27. The maximum Gasteiger partial charge on any atom is 0.256 e. The molecule has 3 rings (SSSR count).